The van der Waals surface area contributed by atoms with Crippen molar-refractivity contribution in [3.8, 4) is 0 Å². The highest BCUT2D eigenvalue weighted by Crippen LogP contribution is 2.25. The van der Waals surface area contributed by atoms with Crippen LogP contribution in [-0.2, 0) is 25.6 Å². The molecule has 0 bridgehead atoms. The molecule has 1 aliphatic rings. The van der Waals surface area contributed by atoms with Gasteiger partial charge in [-0.05, 0) is 59.9 Å². The van der Waals surface area contributed by atoms with Crippen molar-refractivity contribution in [2.24, 2.45) is 0 Å². The average molecular weight is 421 g/mol. The van der Waals surface area contributed by atoms with E-state index >= 15 is 0 Å². The molecule has 0 aromatic heterocycles. The summed E-state index contributed by atoms with van der Waals surface area (Å²) in [6.45, 7) is 10.7. The largest absolute Gasteiger partial charge is 0.459 e. The molecule has 0 saturated carbocycles. The fourth-order valence-corrected chi connectivity index (χ4v) is 2.90. The molecule has 0 radical (unpaired) electrons. The Kier molecular flexibility index (Phi) is 7.34. The molecule has 1 fully saturated rings. The van der Waals surface area contributed by atoms with Gasteiger partial charge in [-0.15, -0.1) is 0 Å². The number of hydrazine groups is 1. The minimum atomic E-state index is -0.982. The van der Waals surface area contributed by atoms with Crippen molar-refractivity contribution in [1.29, 1.82) is 0 Å². The molecule has 1 aromatic rings. The Hall–Kier alpha value is -2.77. The number of esters is 1. The van der Waals surface area contributed by atoms with Crippen LogP contribution in [0.4, 0.5) is 9.59 Å². The van der Waals surface area contributed by atoms with E-state index in [1.54, 1.807) is 41.5 Å². The normalized spacial score (nSPS) is 17.3. The third kappa shape index (κ3) is 6.93. The lowest BCUT2D eigenvalue weighted by Crippen LogP contribution is -2.61. The van der Waals surface area contributed by atoms with Gasteiger partial charge >= 0.3 is 18.2 Å². The second kappa shape index (κ2) is 9.36. The van der Waals surface area contributed by atoms with Crippen LogP contribution in [0.1, 0.15) is 59.9 Å². The van der Waals surface area contributed by atoms with E-state index in [1.807, 2.05) is 30.3 Å². The minimum absolute atomic E-state index is 0.0742. The van der Waals surface area contributed by atoms with Crippen LogP contribution in [-0.4, -0.2) is 52.0 Å². The van der Waals surface area contributed by atoms with Gasteiger partial charge in [0.05, 0.1) is 0 Å². The van der Waals surface area contributed by atoms with Gasteiger partial charge in [-0.2, -0.15) is 5.01 Å². The van der Waals surface area contributed by atoms with Crippen molar-refractivity contribution in [1.82, 2.24) is 10.0 Å². The summed E-state index contributed by atoms with van der Waals surface area (Å²) in [5.74, 6) is -0.599. The molecule has 2 rings (SSSR count). The van der Waals surface area contributed by atoms with Crippen LogP contribution in [0.2, 0.25) is 0 Å². The third-order valence-electron chi connectivity index (χ3n) is 4.08. The Balaban J connectivity index is 2.22. The van der Waals surface area contributed by atoms with Crippen LogP contribution >= 0.6 is 0 Å². The van der Waals surface area contributed by atoms with E-state index in [9.17, 15) is 14.4 Å². The molecule has 0 unspecified atom stereocenters. The highest BCUT2D eigenvalue weighted by molar-refractivity contribution is 5.83. The SMILES string of the molecule is CC(C)(C)OC(=O)N1CCC[C@@H](C(=O)OCc2ccccc2)N1C(=O)OC(C)(C)C. The summed E-state index contributed by atoms with van der Waals surface area (Å²) in [5, 5.41) is 2.17. The number of hydrogen-bond donors (Lipinski definition) is 0. The molecule has 1 heterocycles. The smallest absolute Gasteiger partial charge is 0.430 e. The molecule has 30 heavy (non-hydrogen) atoms. The molecule has 8 nitrogen and oxygen atoms in total. The van der Waals surface area contributed by atoms with Crippen LogP contribution < -0.4 is 0 Å². The van der Waals surface area contributed by atoms with Gasteiger partial charge in [0, 0.05) is 6.54 Å². The fraction of sp³-hybridized carbons (Fsp3) is 0.591. The van der Waals surface area contributed by atoms with E-state index in [2.05, 4.69) is 0 Å². The molecule has 1 saturated heterocycles. The molecule has 1 atom stereocenters. The predicted octanol–water partition coefficient (Wildman–Crippen LogP) is 4.28. The summed E-state index contributed by atoms with van der Waals surface area (Å²) < 4.78 is 16.3. The summed E-state index contributed by atoms with van der Waals surface area (Å²) in [4.78, 5) is 38.5. The number of ether oxygens (including phenoxy) is 3. The first-order valence-electron chi connectivity index (χ1n) is 10.1. The van der Waals surface area contributed by atoms with Gasteiger partial charge in [-0.3, -0.25) is 0 Å². The molecule has 1 aromatic carbocycles. The van der Waals surface area contributed by atoms with Crippen LogP contribution in [0.3, 0.4) is 0 Å². The maximum absolute atomic E-state index is 12.9. The molecule has 0 N–H and O–H groups in total. The van der Waals surface area contributed by atoms with Crippen molar-refractivity contribution in [3.05, 3.63) is 35.9 Å². The lowest BCUT2D eigenvalue weighted by molar-refractivity contribution is -0.163. The highest BCUT2D eigenvalue weighted by Gasteiger charge is 2.44. The van der Waals surface area contributed by atoms with E-state index < -0.39 is 35.4 Å². The van der Waals surface area contributed by atoms with Crippen molar-refractivity contribution in [3.63, 3.8) is 0 Å². The van der Waals surface area contributed by atoms with Crippen LogP contribution in [0.25, 0.3) is 0 Å². The monoisotopic (exact) mass is 420 g/mol. The predicted molar refractivity (Wildman–Crippen MR) is 110 cm³/mol. The average Bonchev–Trinajstić information content (AvgIpc) is 2.63. The molecular weight excluding hydrogens is 388 g/mol. The fourth-order valence-electron chi connectivity index (χ4n) is 2.90. The zero-order chi connectivity index (χ0) is 22.5. The number of benzene rings is 1. The Morgan fingerprint density at radius 2 is 1.50 bits per heavy atom. The Bertz CT molecular complexity index is 751. The number of nitrogens with zero attached hydrogens (tertiary/aromatic N) is 2. The van der Waals surface area contributed by atoms with Crippen molar-refractivity contribution in [2.45, 2.75) is 78.2 Å². The molecule has 8 heteroatoms. The molecule has 2 amide bonds. The van der Waals surface area contributed by atoms with Gasteiger partial charge < -0.3 is 14.2 Å². The zero-order valence-electron chi connectivity index (χ0n) is 18.6. The van der Waals surface area contributed by atoms with E-state index in [0.717, 1.165) is 15.6 Å². The van der Waals surface area contributed by atoms with Crippen molar-refractivity contribution in [2.75, 3.05) is 6.54 Å². The second-order valence-corrected chi connectivity index (χ2v) is 9.18. The van der Waals surface area contributed by atoms with E-state index in [-0.39, 0.29) is 13.2 Å². The standard InChI is InChI=1S/C22H32N2O6/c1-21(2,3)29-19(26)23-14-10-13-17(24(23)20(27)30-22(4,5)6)18(25)28-15-16-11-8-7-9-12-16/h7-9,11-12,17H,10,13-15H2,1-6H3/t17-/m0/s1. The summed E-state index contributed by atoms with van der Waals surface area (Å²) in [5.41, 5.74) is -0.723. The summed E-state index contributed by atoms with van der Waals surface area (Å²) >= 11 is 0. The van der Waals surface area contributed by atoms with Gasteiger partial charge in [-0.1, -0.05) is 30.3 Å². The number of amides is 2. The third-order valence-corrected chi connectivity index (χ3v) is 4.08. The molecule has 166 valence electrons. The molecule has 1 aliphatic heterocycles. The Labute approximate surface area is 178 Å². The van der Waals surface area contributed by atoms with Crippen LogP contribution in [0, 0.1) is 0 Å². The summed E-state index contributed by atoms with van der Waals surface area (Å²) in [6, 6.07) is 8.27. The Morgan fingerprint density at radius 3 is 2.07 bits per heavy atom. The first kappa shape index (κ1) is 23.5. The van der Waals surface area contributed by atoms with Crippen LogP contribution in [0.5, 0.6) is 0 Å². The maximum atomic E-state index is 12.9. The Morgan fingerprint density at radius 1 is 0.933 bits per heavy atom. The molecule has 0 spiro atoms. The number of rotatable bonds is 3. The van der Waals surface area contributed by atoms with Crippen molar-refractivity contribution < 1.29 is 28.6 Å². The van der Waals surface area contributed by atoms with E-state index in [0.29, 0.717) is 12.8 Å². The highest BCUT2D eigenvalue weighted by atomic mass is 16.6. The minimum Gasteiger partial charge on any atom is -0.459 e. The quantitative estimate of drug-likeness (QED) is 0.536. The van der Waals surface area contributed by atoms with Gasteiger partial charge in [0.2, 0.25) is 0 Å². The topological polar surface area (TPSA) is 85.4 Å². The number of carbonyl (C=O) groups excluding carboxylic acids is 3. The van der Waals surface area contributed by atoms with Gasteiger partial charge in [-0.25, -0.2) is 19.4 Å². The summed E-state index contributed by atoms with van der Waals surface area (Å²) in [7, 11) is 0. The lowest BCUT2D eigenvalue weighted by atomic mass is 10.1. The second-order valence-electron chi connectivity index (χ2n) is 9.18. The molecular formula is C22H32N2O6. The van der Waals surface area contributed by atoms with E-state index in [1.165, 1.54) is 0 Å². The van der Waals surface area contributed by atoms with Gasteiger partial charge in [0.25, 0.3) is 0 Å². The first-order chi connectivity index (χ1) is 13.9. The summed E-state index contributed by atoms with van der Waals surface area (Å²) in [6.07, 6.45) is -0.640. The zero-order valence-corrected chi connectivity index (χ0v) is 18.6. The maximum Gasteiger partial charge on any atom is 0.430 e. The first-order valence-corrected chi connectivity index (χ1v) is 10.1. The van der Waals surface area contributed by atoms with Gasteiger partial charge in [0.1, 0.15) is 17.8 Å². The number of hydrogen-bond acceptors (Lipinski definition) is 6. The number of carbonyl (C=O) groups is 3. The van der Waals surface area contributed by atoms with Gasteiger partial charge in [0.15, 0.2) is 6.04 Å². The van der Waals surface area contributed by atoms with E-state index in [4.69, 9.17) is 14.2 Å². The lowest BCUT2D eigenvalue weighted by Gasteiger charge is -2.42. The molecule has 0 aliphatic carbocycles. The van der Waals surface area contributed by atoms with Crippen LogP contribution in [0.15, 0.2) is 30.3 Å². The van der Waals surface area contributed by atoms with Crippen molar-refractivity contribution >= 4 is 18.2 Å².